The molecule has 0 N–H and O–H groups in total. The van der Waals surface area contributed by atoms with Crippen LogP contribution in [0, 0.1) is 0 Å². The van der Waals surface area contributed by atoms with Gasteiger partial charge in [-0.3, -0.25) is 0 Å². The Labute approximate surface area is 69.3 Å². The van der Waals surface area contributed by atoms with E-state index < -0.39 is 6.57 Å². The summed E-state index contributed by atoms with van der Waals surface area (Å²) >= 11 is 9.30. The number of hydrogen-bond donors (Lipinski definition) is 0. The van der Waals surface area contributed by atoms with Crippen molar-refractivity contribution >= 4 is 65.8 Å². The first-order valence-electron chi connectivity index (χ1n) is 1.17. The fourth-order valence-electron chi connectivity index (χ4n) is 0.0454. The van der Waals surface area contributed by atoms with Crippen molar-refractivity contribution in [3.63, 3.8) is 0 Å². The molecule has 0 saturated heterocycles. The second kappa shape index (κ2) is 6.46. The van der Waals surface area contributed by atoms with Crippen LogP contribution in [-0.4, -0.2) is 4.21 Å². The van der Waals surface area contributed by atoms with E-state index in [4.69, 9.17) is 0 Å². The summed E-state index contributed by atoms with van der Waals surface area (Å²) in [6.45, 7) is -0.444. The van der Waals surface area contributed by atoms with Crippen LogP contribution < -0.4 is 0 Å². The minimum Gasteiger partial charge on any atom is -0.200 e. The van der Waals surface area contributed by atoms with Gasteiger partial charge in [-0.25, -0.2) is 0 Å². The van der Waals surface area contributed by atoms with Gasteiger partial charge in [-0.15, -0.1) is 0 Å². The van der Waals surface area contributed by atoms with Crippen LogP contribution >= 0.6 is 0 Å². The van der Waals surface area contributed by atoms with Gasteiger partial charge >= 0.3 is 0 Å². The molecule has 0 atom stereocenters. The Morgan fingerprint density at radius 3 is 2.25 bits per heavy atom. The van der Waals surface area contributed by atoms with Crippen LogP contribution in [0.3, 0.4) is 0 Å². The highest BCUT2D eigenvalue weighted by atomic mass is 33.4. The molecule has 0 unspecified atom stereocenters. The highest BCUT2D eigenvalue weighted by Gasteiger charge is 1.40. The average Bonchev–Trinajstić information content (AvgIpc) is 1.66. The lowest BCUT2D eigenvalue weighted by Crippen LogP contribution is -1.39. The molecule has 0 aromatic heterocycles. The van der Waals surface area contributed by atoms with E-state index in [1.807, 2.05) is 0 Å². The van der Waals surface area contributed by atoms with Gasteiger partial charge in [0.05, 0.1) is 0 Å². The molecular weight excluding hydrogens is 240 g/mol. The Balaban J connectivity index is 5.43. The van der Waals surface area contributed by atoms with Gasteiger partial charge < -0.3 is 0 Å². The van der Waals surface area contributed by atoms with Crippen molar-refractivity contribution in [2.75, 3.05) is 0 Å². The Morgan fingerprint density at radius 1 is 1.25 bits per heavy atom. The Kier molecular flexibility index (Phi) is 7.54. The molecule has 48 valence electrons. The maximum atomic E-state index is 9.69. The molecule has 8 heavy (non-hydrogen) atoms. The third-order valence-corrected chi connectivity index (χ3v) is 9.75. The van der Waals surface area contributed by atoms with Crippen LogP contribution in [0.25, 0.3) is 0 Å². The Morgan fingerprint density at radius 2 is 1.88 bits per heavy atom. The molecule has 0 heterocycles. The molecule has 1 nitrogen and oxygen atoms in total. The molecule has 0 amide bonds. The van der Waals surface area contributed by atoms with Crippen LogP contribution in [0.5, 0.6) is 0 Å². The van der Waals surface area contributed by atoms with Crippen molar-refractivity contribution in [2.24, 2.45) is 0 Å². The quantitative estimate of drug-likeness (QED) is 0.576. The molecule has 0 aliphatic heterocycles. The lowest BCUT2D eigenvalue weighted by molar-refractivity contribution is 0.702. The molecule has 0 bridgehead atoms. The predicted molar refractivity (Wildman–Crippen MR) is 52.3 cm³/mol. The third-order valence-electron chi connectivity index (χ3n) is 0.139. The normalized spacial score (nSPS) is 7.00. The maximum Gasteiger partial charge on any atom is 0.168 e. The molecule has 0 aliphatic carbocycles. The summed E-state index contributed by atoms with van der Waals surface area (Å²) in [6, 6.07) is 0. The summed E-state index contributed by atoms with van der Waals surface area (Å²) in [5.74, 6) is 0. The first-order chi connectivity index (χ1) is 3.77. The Bertz CT molecular complexity index is 297. The monoisotopic (exact) mass is 240 g/mol. The molecule has 8 heteroatoms. The molecule has 0 spiro atoms. The second-order valence-corrected chi connectivity index (χ2v) is 11.6. The Hall–Kier alpha value is 1.34. The second-order valence-electron chi connectivity index (χ2n) is 0.476. The van der Waals surface area contributed by atoms with Gasteiger partial charge in [-0.2, -0.15) is 4.21 Å². The first kappa shape index (κ1) is 9.34. The average molecular weight is 240 g/mol. The van der Waals surface area contributed by atoms with E-state index in [9.17, 15) is 4.21 Å². The summed E-state index contributed by atoms with van der Waals surface area (Å²) in [7, 11) is 4.34. The van der Waals surface area contributed by atoms with Gasteiger partial charge in [0.1, 0.15) is 0 Å². The SMILES string of the molecule is O=S=S=S=S=S(=S)=S. The van der Waals surface area contributed by atoms with E-state index in [1.165, 1.54) is 17.8 Å². The number of rotatable bonds is 0. The van der Waals surface area contributed by atoms with Crippen molar-refractivity contribution in [1.82, 2.24) is 0 Å². The van der Waals surface area contributed by atoms with E-state index >= 15 is 0 Å². The van der Waals surface area contributed by atoms with Gasteiger partial charge in [0, 0.05) is 55.6 Å². The van der Waals surface area contributed by atoms with E-state index in [0.29, 0.717) is 10.2 Å². The lowest BCUT2D eigenvalue weighted by Gasteiger charge is -1.37. The van der Waals surface area contributed by atoms with Crippen LogP contribution in [0.15, 0.2) is 0 Å². The number of hydrogen-bond acceptors (Lipinski definition) is 3. The third kappa shape index (κ3) is 7.34. The van der Waals surface area contributed by atoms with Crippen molar-refractivity contribution in [3.05, 3.63) is 0 Å². The fraction of sp³-hybridized carbons (Fsp3) is 0. The summed E-state index contributed by atoms with van der Waals surface area (Å²) in [4.78, 5) is 0. The molecule has 0 aromatic carbocycles. The van der Waals surface area contributed by atoms with E-state index in [2.05, 4.69) is 22.4 Å². The largest absolute Gasteiger partial charge is 0.200 e. The summed E-state index contributed by atoms with van der Waals surface area (Å²) in [6.07, 6.45) is 0. The van der Waals surface area contributed by atoms with Crippen LogP contribution in [-0.2, 0) is 65.8 Å². The molecular formula is OS7. The highest BCUT2D eigenvalue weighted by molar-refractivity contribution is 8.74. The molecule has 0 rings (SSSR count). The summed E-state index contributed by atoms with van der Waals surface area (Å²) < 4.78 is 9.69. The smallest absolute Gasteiger partial charge is 0.168 e. The van der Waals surface area contributed by atoms with Gasteiger partial charge in [0.15, 0.2) is 10.2 Å². The highest BCUT2D eigenvalue weighted by Crippen LogP contribution is 1.38. The first-order valence-corrected chi connectivity index (χ1v) is 9.50. The minimum atomic E-state index is -0.444. The van der Waals surface area contributed by atoms with E-state index in [0.717, 1.165) is 8.88 Å². The van der Waals surface area contributed by atoms with E-state index in [-0.39, 0.29) is 0 Å². The zero-order valence-corrected chi connectivity index (χ0v) is 8.98. The topological polar surface area (TPSA) is 17.1 Å². The summed E-state index contributed by atoms with van der Waals surface area (Å²) in [5, 5.41) is 0. The molecule has 0 radical (unpaired) electrons. The fourth-order valence-corrected chi connectivity index (χ4v) is 9.19. The van der Waals surface area contributed by atoms with Crippen LogP contribution in [0.4, 0.5) is 0 Å². The molecule has 0 fully saturated rings. The van der Waals surface area contributed by atoms with Crippen molar-refractivity contribution < 1.29 is 4.21 Å². The lowest BCUT2D eigenvalue weighted by atomic mass is 16.0. The van der Waals surface area contributed by atoms with Gasteiger partial charge in [-0.05, 0) is 0 Å². The zero-order valence-electron chi connectivity index (χ0n) is 3.27. The van der Waals surface area contributed by atoms with Crippen LogP contribution in [0.1, 0.15) is 0 Å². The minimum absolute atomic E-state index is 0.444. The standard InChI is InChI=1S/OS7/c1-4-5-6-7-8(2)3. The van der Waals surface area contributed by atoms with Crippen molar-refractivity contribution in [3.8, 4) is 0 Å². The maximum absolute atomic E-state index is 9.69. The van der Waals surface area contributed by atoms with Gasteiger partial charge in [0.2, 0.25) is 0 Å². The van der Waals surface area contributed by atoms with Gasteiger partial charge in [0.25, 0.3) is 0 Å². The van der Waals surface area contributed by atoms with Crippen LogP contribution in [0.2, 0.25) is 0 Å². The van der Waals surface area contributed by atoms with Crippen molar-refractivity contribution in [2.45, 2.75) is 0 Å². The molecule has 0 aromatic rings. The van der Waals surface area contributed by atoms with Gasteiger partial charge in [-0.1, -0.05) is 0 Å². The summed E-state index contributed by atoms with van der Waals surface area (Å²) in [5.41, 5.74) is 0. The predicted octanol–water partition coefficient (Wildman–Crippen LogP) is -0.351. The molecule has 0 saturated carbocycles. The molecule has 0 aliphatic rings. The van der Waals surface area contributed by atoms with Crippen molar-refractivity contribution in [1.29, 1.82) is 0 Å². The zero-order chi connectivity index (χ0) is 6.41. The van der Waals surface area contributed by atoms with E-state index in [1.54, 1.807) is 0 Å².